The standard InChI is InChI=1S/C20H21FN4O2/c1-12-11-13(2)22-14(3)19(12)23-17(26)5-4-6-18-24-20(25-27-18)15-7-9-16(21)10-8-15/h7-11H,4-6H2,1-3H3,(H,23,26). The number of hydrogen-bond acceptors (Lipinski definition) is 5. The van der Waals surface area contributed by atoms with Crippen molar-refractivity contribution in [3.8, 4) is 11.4 Å². The van der Waals surface area contributed by atoms with Gasteiger partial charge in [0.2, 0.25) is 17.6 Å². The molecule has 0 saturated heterocycles. The van der Waals surface area contributed by atoms with E-state index in [9.17, 15) is 9.18 Å². The highest BCUT2D eigenvalue weighted by atomic mass is 19.1. The number of benzene rings is 1. The van der Waals surface area contributed by atoms with Crippen molar-refractivity contribution in [3.63, 3.8) is 0 Å². The van der Waals surface area contributed by atoms with Gasteiger partial charge in [0.05, 0.1) is 11.4 Å². The van der Waals surface area contributed by atoms with Gasteiger partial charge in [0.25, 0.3) is 0 Å². The van der Waals surface area contributed by atoms with Gasteiger partial charge in [0.1, 0.15) is 5.82 Å². The van der Waals surface area contributed by atoms with E-state index in [-0.39, 0.29) is 11.7 Å². The molecular formula is C20H21FN4O2. The molecule has 6 nitrogen and oxygen atoms in total. The number of nitrogens with zero attached hydrogens (tertiary/aromatic N) is 3. The summed E-state index contributed by atoms with van der Waals surface area (Å²) in [7, 11) is 0. The van der Waals surface area contributed by atoms with Crippen molar-refractivity contribution in [3.05, 3.63) is 59.0 Å². The maximum atomic E-state index is 13.0. The highest BCUT2D eigenvalue weighted by Gasteiger charge is 2.12. The Kier molecular flexibility index (Phi) is 5.59. The number of halogens is 1. The van der Waals surface area contributed by atoms with Crippen LogP contribution < -0.4 is 5.32 Å². The summed E-state index contributed by atoms with van der Waals surface area (Å²) < 4.78 is 18.2. The Morgan fingerprint density at radius 3 is 2.59 bits per heavy atom. The molecule has 140 valence electrons. The van der Waals surface area contributed by atoms with Crippen molar-refractivity contribution in [2.45, 2.75) is 40.0 Å². The first kappa shape index (κ1) is 18.7. The van der Waals surface area contributed by atoms with Gasteiger partial charge in [-0.2, -0.15) is 4.98 Å². The second-order valence-corrected chi connectivity index (χ2v) is 6.46. The molecule has 0 aliphatic carbocycles. The summed E-state index contributed by atoms with van der Waals surface area (Å²) >= 11 is 0. The van der Waals surface area contributed by atoms with Gasteiger partial charge in [0.15, 0.2) is 0 Å². The molecule has 0 radical (unpaired) electrons. The highest BCUT2D eigenvalue weighted by molar-refractivity contribution is 5.92. The normalized spacial score (nSPS) is 10.8. The van der Waals surface area contributed by atoms with E-state index in [0.29, 0.717) is 36.5 Å². The molecule has 1 N–H and O–H groups in total. The molecule has 0 fully saturated rings. The average molecular weight is 368 g/mol. The van der Waals surface area contributed by atoms with E-state index in [2.05, 4.69) is 20.4 Å². The monoisotopic (exact) mass is 368 g/mol. The zero-order valence-electron chi connectivity index (χ0n) is 15.5. The van der Waals surface area contributed by atoms with Crippen molar-refractivity contribution in [2.24, 2.45) is 0 Å². The predicted molar refractivity (Wildman–Crippen MR) is 99.7 cm³/mol. The Labute approximate surface area is 156 Å². The Morgan fingerprint density at radius 2 is 1.89 bits per heavy atom. The van der Waals surface area contributed by atoms with Crippen LogP contribution in [-0.2, 0) is 11.2 Å². The molecule has 27 heavy (non-hydrogen) atoms. The number of nitrogens with one attached hydrogen (secondary N) is 1. The summed E-state index contributed by atoms with van der Waals surface area (Å²) in [5.41, 5.74) is 4.18. The van der Waals surface area contributed by atoms with Crippen LogP contribution >= 0.6 is 0 Å². The van der Waals surface area contributed by atoms with Crippen LogP contribution in [-0.4, -0.2) is 21.0 Å². The average Bonchev–Trinajstić information content (AvgIpc) is 3.07. The van der Waals surface area contributed by atoms with E-state index in [0.717, 1.165) is 22.6 Å². The molecule has 3 rings (SSSR count). The molecule has 1 amide bonds. The molecule has 0 aliphatic rings. The lowest BCUT2D eigenvalue weighted by Gasteiger charge is -2.11. The van der Waals surface area contributed by atoms with Crippen molar-refractivity contribution in [1.82, 2.24) is 15.1 Å². The fraction of sp³-hybridized carbons (Fsp3) is 0.300. The van der Waals surface area contributed by atoms with Gasteiger partial charge in [-0.3, -0.25) is 9.78 Å². The van der Waals surface area contributed by atoms with Crippen LogP contribution in [0.1, 0.15) is 35.7 Å². The van der Waals surface area contributed by atoms with Crippen LogP contribution in [0.5, 0.6) is 0 Å². The van der Waals surface area contributed by atoms with Gasteiger partial charge in [-0.1, -0.05) is 5.16 Å². The van der Waals surface area contributed by atoms with Gasteiger partial charge in [0, 0.05) is 24.1 Å². The first-order valence-electron chi connectivity index (χ1n) is 8.75. The molecule has 2 heterocycles. The van der Waals surface area contributed by atoms with E-state index < -0.39 is 0 Å². The number of aromatic nitrogens is 3. The summed E-state index contributed by atoms with van der Waals surface area (Å²) in [4.78, 5) is 20.9. The molecule has 7 heteroatoms. The maximum Gasteiger partial charge on any atom is 0.226 e. The van der Waals surface area contributed by atoms with Crippen LogP contribution in [0.15, 0.2) is 34.9 Å². The largest absolute Gasteiger partial charge is 0.339 e. The van der Waals surface area contributed by atoms with E-state index in [1.54, 1.807) is 12.1 Å². The van der Waals surface area contributed by atoms with Crippen LogP contribution in [0.2, 0.25) is 0 Å². The summed E-state index contributed by atoms with van der Waals surface area (Å²) in [6, 6.07) is 7.83. The first-order valence-corrected chi connectivity index (χ1v) is 8.75. The highest BCUT2D eigenvalue weighted by Crippen LogP contribution is 2.20. The lowest BCUT2D eigenvalue weighted by Crippen LogP contribution is -2.14. The van der Waals surface area contributed by atoms with Crippen LogP contribution in [0.25, 0.3) is 11.4 Å². The Hall–Kier alpha value is -3.09. The molecule has 0 saturated carbocycles. The molecule has 3 aromatic rings. The van der Waals surface area contributed by atoms with Crippen LogP contribution in [0.3, 0.4) is 0 Å². The van der Waals surface area contributed by atoms with Crippen molar-refractivity contribution in [1.29, 1.82) is 0 Å². The summed E-state index contributed by atoms with van der Waals surface area (Å²) in [6.45, 7) is 5.76. The minimum atomic E-state index is -0.317. The lowest BCUT2D eigenvalue weighted by atomic mass is 10.1. The molecular weight excluding hydrogens is 347 g/mol. The van der Waals surface area contributed by atoms with Gasteiger partial charge in [-0.05, 0) is 63.1 Å². The number of hydrogen-bond donors (Lipinski definition) is 1. The van der Waals surface area contributed by atoms with Crippen LogP contribution in [0.4, 0.5) is 10.1 Å². The molecule has 0 atom stereocenters. The van der Waals surface area contributed by atoms with Gasteiger partial charge < -0.3 is 9.84 Å². The number of pyridine rings is 1. The van der Waals surface area contributed by atoms with Crippen molar-refractivity contribution >= 4 is 11.6 Å². The summed E-state index contributed by atoms with van der Waals surface area (Å²) in [6.07, 6.45) is 1.40. The molecule has 0 spiro atoms. The van der Waals surface area contributed by atoms with E-state index in [1.165, 1.54) is 12.1 Å². The smallest absolute Gasteiger partial charge is 0.226 e. The second-order valence-electron chi connectivity index (χ2n) is 6.46. The number of anilines is 1. The summed E-state index contributed by atoms with van der Waals surface area (Å²) in [5.74, 6) is 0.464. The topological polar surface area (TPSA) is 80.9 Å². The summed E-state index contributed by atoms with van der Waals surface area (Å²) in [5, 5.41) is 6.82. The van der Waals surface area contributed by atoms with E-state index >= 15 is 0 Å². The van der Waals surface area contributed by atoms with Crippen LogP contribution in [0, 0.1) is 26.6 Å². The van der Waals surface area contributed by atoms with Gasteiger partial charge in [-0.15, -0.1) is 0 Å². The fourth-order valence-electron chi connectivity index (χ4n) is 2.89. The SMILES string of the molecule is Cc1cc(C)c(NC(=O)CCCc2nc(-c3ccc(F)cc3)no2)c(C)n1. The Bertz CT molecular complexity index is 928. The minimum absolute atomic E-state index is 0.0786. The number of amides is 1. The minimum Gasteiger partial charge on any atom is -0.339 e. The van der Waals surface area contributed by atoms with E-state index in [4.69, 9.17) is 4.52 Å². The van der Waals surface area contributed by atoms with Crippen molar-refractivity contribution < 1.29 is 13.7 Å². The Balaban J connectivity index is 1.53. The quantitative estimate of drug-likeness (QED) is 0.707. The zero-order chi connectivity index (χ0) is 19.4. The zero-order valence-corrected chi connectivity index (χ0v) is 15.5. The van der Waals surface area contributed by atoms with Gasteiger partial charge in [-0.25, -0.2) is 4.39 Å². The third-order valence-corrected chi connectivity index (χ3v) is 4.16. The molecule has 0 unspecified atom stereocenters. The number of carbonyl (C=O) groups excluding carboxylic acids is 1. The third kappa shape index (κ3) is 4.75. The van der Waals surface area contributed by atoms with E-state index in [1.807, 2.05) is 26.8 Å². The fourth-order valence-corrected chi connectivity index (χ4v) is 2.89. The third-order valence-electron chi connectivity index (χ3n) is 4.16. The number of carbonyl (C=O) groups is 1. The maximum absolute atomic E-state index is 13.0. The Morgan fingerprint density at radius 1 is 1.15 bits per heavy atom. The molecule has 2 aromatic heterocycles. The van der Waals surface area contributed by atoms with Gasteiger partial charge >= 0.3 is 0 Å². The molecule has 1 aromatic carbocycles. The molecule has 0 bridgehead atoms. The number of rotatable bonds is 6. The number of aryl methyl sites for hydroxylation is 4. The first-order chi connectivity index (χ1) is 12.9. The second kappa shape index (κ2) is 8.07. The lowest BCUT2D eigenvalue weighted by molar-refractivity contribution is -0.116. The van der Waals surface area contributed by atoms with Crippen molar-refractivity contribution in [2.75, 3.05) is 5.32 Å². The molecule has 0 aliphatic heterocycles. The predicted octanol–water partition coefficient (Wildman–Crippen LogP) is 4.16.